The van der Waals surface area contributed by atoms with Crippen LogP contribution in [0.25, 0.3) is 21.9 Å². The van der Waals surface area contributed by atoms with Gasteiger partial charge >= 0.3 is 0 Å². The molecule has 0 unspecified atom stereocenters. The fourth-order valence-electron chi connectivity index (χ4n) is 2.11. The molecule has 1 N–H and O–H groups in total. The molecule has 0 heterocycles. The molecule has 3 heteroatoms. The van der Waals surface area contributed by atoms with Crippen molar-refractivity contribution in [2.45, 2.75) is 0 Å². The van der Waals surface area contributed by atoms with Crippen LogP contribution in [-0.2, 0) is 0 Å². The van der Waals surface area contributed by atoms with Crippen LogP contribution in [0, 0.1) is 0 Å². The smallest absolute Gasteiger partial charge is 0.135 e. The molecule has 3 rings (SSSR count). The van der Waals surface area contributed by atoms with Gasteiger partial charge in [-0.3, -0.25) is 0 Å². The van der Waals surface area contributed by atoms with E-state index in [0.29, 0.717) is 10.0 Å². The summed E-state index contributed by atoms with van der Waals surface area (Å²) in [6, 6.07) is 17.4. The van der Waals surface area contributed by atoms with Crippen LogP contribution >= 0.6 is 23.2 Å². The predicted octanol–water partition coefficient (Wildman–Crippen LogP) is 5.52. The molecule has 0 bridgehead atoms. The Kier molecular flexibility index (Phi) is 3.09. The van der Waals surface area contributed by atoms with Gasteiger partial charge in [0.05, 0.1) is 10.0 Å². The Morgan fingerprint density at radius 2 is 1.47 bits per heavy atom. The molecule has 94 valence electrons. The van der Waals surface area contributed by atoms with Gasteiger partial charge in [0.25, 0.3) is 0 Å². The number of halogens is 2. The van der Waals surface area contributed by atoms with Gasteiger partial charge in [-0.15, -0.1) is 0 Å². The van der Waals surface area contributed by atoms with E-state index in [-0.39, 0.29) is 5.75 Å². The van der Waals surface area contributed by atoms with Gasteiger partial charge in [-0.1, -0.05) is 59.6 Å². The van der Waals surface area contributed by atoms with E-state index < -0.39 is 0 Å². The molecule has 1 nitrogen and oxygen atoms in total. The summed E-state index contributed by atoms with van der Waals surface area (Å²) in [5.41, 5.74) is 1.79. The van der Waals surface area contributed by atoms with Crippen molar-refractivity contribution in [3.05, 3.63) is 64.6 Å². The summed E-state index contributed by atoms with van der Waals surface area (Å²) in [5.74, 6) is -0.00351. The molecule has 0 amide bonds. The number of aromatic hydroxyl groups is 1. The SMILES string of the molecule is Oc1cc(Cl)c(-c2ccc3ccccc3c2)cc1Cl. The molecule has 0 aromatic heterocycles. The number of phenolic OH excluding ortho intramolecular Hbond substituents is 1. The predicted molar refractivity (Wildman–Crippen MR) is 81.1 cm³/mol. The van der Waals surface area contributed by atoms with Gasteiger partial charge in [0.15, 0.2) is 0 Å². The van der Waals surface area contributed by atoms with Crippen molar-refractivity contribution in [2.24, 2.45) is 0 Å². The quantitative estimate of drug-likeness (QED) is 0.625. The van der Waals surface area contributed by atoms with Gasteiger partial charge < -0.3 is 5.11 Å². The molecule has 0 spiro atoms. The molecule has 0 radical (unpaired) electrons. The van der Waals surface area contributed by atoms with E-state index in [2.05, 4.69) is 18.2 Å². The zero-order chi connectivity index (χ0) is 13.4. The summed E-state index contributed by atoms with van der Waals surface area (Å²) in [4.78, 5) is 0. The number of phenols is 1. The highest BCUT2D eigenvalue weighted by molar-refractivity contribution is 6.36. The summed E-state index contributed by atoms with van der Waals surface area (Å²) in [5, 5.41) is 12.6. The number of hydrogen-bond donors (Lipinski definition) is 1. The van der Waals surface area contributed by atoms with E-state index >= 15 is 0 Å². The van der Waals surface area contributed by atoms with E-state index in [4.69, 9.17) is 23.2 Å². The average molecular weight is 289 g/mol. The highest BCUT2D eigenvalue weighted by atomic mass is 35.5. The first-order valence-electron chi connectivity index (χ1n) is 5.82. The lowest BCUT2D eigenvalue weighted by Crippen LogP contribution is -1.82. The van der Waals surface area contributed by atoms with E-state index in [1.54, 1.807) is 6.07 Å². The van der Waals surface area contributed by atoms with Crippen molar-refractivity contribution in [3.63, 3.8) is 0 Å². The standard InChI is InChI=1S/C16H10Cl2O/c17-14-9-16(19)15(18)8-13(14)12-6-5-10-3-1-2-4-11(10)7-12/h1-9,19H. The summed E-state index contributed by atoms with van der Waals surface area (Å²) in [6.07, 6.45) is 0. The second-order valence-corrected chi connectivity index (χ2v) is 5.16. The largest absolute Gasteiger partial charge is 0.506 e. The lowest BCUT2D eigenvalue weighted by Gasteiger charge is -2.08. The fraction of sp³-hybridized carbons (Fsp3) is 0. The minimum Gasteiger partial charge on any atom is -0.506 e. The molecule has 0 saturated heterocycles. The number of rotatable bonds is 1. The zero-order valence-electron chi connectivity index (χ0n) is 9.90. The second-order valence-electron chi connectivity index (χ2n) is 4.35. The Morgan fingerprint density at radius 3 is 2.26 bits per heavy atom. The van der Waals surface area contributed by atoms with E-state index in [1.165, 1.54) is 11.5 Å². The van der Waals surface area contributed by atoms with Crippen LogP contribution in [0.15, 0.2) is 54.6 Å². The average Bonchev–Trinajstić information content (AvgIpc) is 2.42. The highest BCUT2D eigenvalue weighted by Crippen LogP contribution is 2.36. The third-order valence-corrected chi connectivity index (χ3v) is 3.71. The summed E-state index contributed by atoms with van der Waals surface area (Å²) < 4.78 is 0. The molecule has 0 atom stereocenters. The normalized spacial score (nSPS) is 10.8. The van der Waals surface area contributed by atoms with Crippen LogP contribution in [0.2, 0.25) is 10.0 Å². The Hall–Kier alpha value is -1.70. The summed E-state index contributed by atoms with van der Waals surface area (Å²) in [6.45, 7) is 0. The van der Waals surface area contributed by atoms with Gasteiger partial charge in [0, 0.05) is 11.6 Å². The van der Waals surface area contributed by atoms with E-state index in [0.717, 1.165) is 16.5 Å². The zero-order valence-corrected chi connectivity index (χ0v) is 11.4. The van der Waals surface area contributed by atoms with Crippen LogP contribution in [0.4, 0.5) is 0 Å². The van der Waals surface area contributed by atoms with E-state index in [9.17, 15) is 5.11 Å². The van der Waals surface area contributed by atoms with Crippen molar-refractivity contribution >= 4 is 34.0 Å². The van der Waals surface area contributed by atoms with Gasteiger partial charge in [-0.25, -0.2) is 0 Å². The molecule has 0 aliphatic carbocycles. The van der Waals surface area contributed by atoms with Crippen molar-refractivity contribution in [1.82, 2.24) is 0 Å². The maximum Gasteiger partial charge on any atom is 0.135 e. The Bertz CT molecular complexity index is 766. The molecule has 3 aromatic carbocycles. The minimum atomic E-state index is -0.00351. The van der Waals surface area contributed by atoms with Crippen LogP contribution < -0.4 is 0 Å². The molecule has 19 heavy (non-hydrogen) atoms. The van der Waals surface area contributed by atoms with Crippen LogP contribution in [0.5, 0.6) is 5.75 Å². The Morgan fingerprint density at radius 1 is 0.737 bits per heavy atom. The Labute approximate surface area is 121 Å². The second kappa shape index (κ2) is 4.76. The lowest BCUT2D eigenvalue weighted by atomic mass is 10.0. The van der Waals surface area contributed by atoms with E-state index in [1.807, 2.05) is 24.3 Å². The molecule has 3 aromatic rings. The molecule has 0 fully saturated rings. The maximum atomic E-state index is 9.53. The highest BCUT2D eigenvalue weighted by Gasteiger charge is 2.09. The van der Waals surface area contributed by atoms with Gasteiger partial charge in [-0.2, -0.15) is 0 Å². The van der Waals surface area contributed by atoms with Crippen molar-refractivity contribution < 1.29 is 5.11 Å². The molecule has 0 aliphatic heterocycles. The van der Waals surface area contributed by atoms with Crippen molar-refractivity contribution in [1.29, 1.82) is 0 Å². The number of hydrogen-bond acceptors (Lipinski definition) is 1. The van der Waals surface area contributed by atoms with Gasteiger partial charge in [0.1, 0.15) is 5.75 Å². The summed E-state index contributed by atoms with van der Waals surface area (Å²) >= 11 is 12.1. The van der Waals surface area contributed by atoms with Gasteiger partial charge in [-0.05, 0) is 28.5 Å². The third kappa shape index (κ3) is 2.27. The molecule has 0 aliphatic rings. The molecular formula is C16H10Cl2O. The van der Waals surface area contributed by atoms with Crippen LogP contribution in [0.1, 0.15) is 0 Å². The molecular weight excluding hydrogens is 279 g/mol. The van der Waals surface area contributed by atoms with Crippen molar-refractivity contribution in [2.75, 3.05) is 0 Å². The third-order valence-electron chi connectivity index (χ3n) is 3.10. The van der Waals surface area contributed by atoms with Crippen LogP contribution in [-0.4, -0.2) is 5.11 Å². The van der Waals surface area contributed by atoms with Crippen LogP contribution in [0.3, 0.4) is 0 Å². The summed E-state index contributed by atoms with van der Waals surface area (Å²) in [7, 11) is 0. The first kappa shape index (κ1) is 12.3. The Balaban J connectivity index is 2.21. The monoisotopic (exact) mass is 288 g/mol. The molecule has 0 saturated carbocycles. The maximum absolute atomic E-state index is 9.53. The first-order valence-corrected chi connectivity index (χ1v) is 6.58. The van der Waals surface area contributed by atoms with Crippen molar-refractivity contribution in [3.8, 4) is 16.9 Å². The first-order chi connectivity index (χ1) is 9.15. The topological polar surface area (TPSA) is 20.2 Å². The number of fused-ring (bicyclic) bond motifs is 1. The minimum absolute atomic E-state index is 0.00351. The lowest BCUT2D eigenvalue weighted by molar-refractivity contribution is 0.475. The van der Waals surface area contributed by atoms with Gasteiger partial charge in [0.2, 0.25) is 0 Å². The number of benzene rings is 3. The fourth-order valence-corrected chi connectivity index (χ4v) is 2.55.